The van der Waals surface area contributed by atoms with Gasteiger partial charge in [-0.15, -0.1) is 0 Å². The monoisotopic (exact) mass is 436 g/mol. The second-order valence-corrected chi connectivity index (χ2v) is 10.1. The van der Waals surface area contributed by atoms with Gasteiger partial charge in [0, 0.05) is 18.5 Å². The highest BCUT2D eigenvalue weighted by atomic mass is 16.2. The van der Waals surface area contributed by atoms with Gasteiger partial charge in [-0.25, -0.2) is 0 Å². The topological polar surface area (TPSA) is 49.4 Å². The fourth-order valence-electron chi connectivity index (χ4n) is 3.73. The van der Waals surface area contributed by atoms with Crippen molar-refractivity contribution in [1.82, 2.24) is 10.2 Å². The van der Waals surface area contributed by atoms with Crippen LogP contribution < -0.4 is 5.32 Å². The largest absolute Gasteiger partial charge is 0.350 e. The van der Waals surface area contributed by atoms with Crippen molar-refractivity contribution in [2.75, 3.05) is 0 Å². The zero-order valence-electron chi connectivity index (χ0n) is 20.9. The van der Waals surface area contributed by atoms with E-state index >= 15 is 0 Å². The number of nitrogens with zero attached hydrogens (tertiary/aromatic N) is 1. The van der Waals surface area contributed by atoms with Crippen LogP contribution in [0, 0.1) is 6.92 Å². The Bertz CT molecular complexity index is 877. The van der Waals surface area contributed by atoms with E-state index in [1.54, 1.807) is 4.90 Å². The van der Waals surface area contributed by atoms with E-state index in [0.717, 1.165) is 11.1 Å². The summed E-state index contributed by atoms with van der Waals surface area (Å²) in [7, 11) is 0. The SMILES string of the molecule is CCC(C(=O)NC(C)(C)C)N(Cc1ccc(C)cc1)C(=O)CCc1ccc(C(C)C)cc1. The van der Waals surface area contributed by atoms with Crippen molar-refractivity contribution in [3.05, 3.63) is 70.8 Å². The molecule has 1 atom stereocenters. The van der Waals surface area contributed by atoms with Gasteiger partial charge >= 0.3 is 0 Å². The number of carbonyl (C=O) groups excluding carboxylic acids is 2. The van der Waals surface area contributed by atoms with Crippen molar-refractivity contribution in [3.63, 3.8) is 0 Å². The third-order valence-electron chi connectivity index (χ3n) is 5.63. The Hall–Kier alpha value is -2.62. The van der Waals surface area contributed by atoms with Gasteiger partial charge in [-0.2, -0.15) is 0 Å². The van der Waals surface area contributed by atoms with Crippen LogP contribution in [0.15, 0.2) is 48.5 Å². The molecule has 2 amide bonds. The molecule has 1 unspecified atom stereocenters. The molecule has 2 rings (SSSR count). The standard InChI is InChI=1S/C28H40N2O2/c1-8-25(27(32)29-28(5,6)7)30(19-23-11-9-21(4)10-12-23)26(31)18-15-22-13-16-24(17-14-22)20(2)3/h9-14,16-17,20,25H,8,15,18-19H2,1-7H3,(H,29,32). The van der Waals surface area contributed by atoms with E-state index in [4.69, 9.17) is 0 Å². The Kier molecular flexibility index (Phi) is 9.06. The highest BCUT2D eigenvalue weighted by molar-refractivity contribution is 5.88. The van der Waals surface area contributed by atoms with Gasteiger partial charge in [0.2, 0.25) is 11.8 Å². The Labute approximate surface area is 194 Å². The minimum Gasteiger partial charge on any atom is -0.350 e. The maximum Gasteiger partial charge on any atom is 0.243 e. The number of hydrogen-bond acceptors (Lipinski definition) is 2. The van der Waals surface area contributed by atoms with Crippen molar-refractivity contribution in [2.24, 2.45) is 0 Å². The van der Waals surface area contributed by atoms with E-state index in [9.17, 15) is 9.59 Å². The second kappa shape index (κ2) is 11.3. The van der Waals surface area contributed by atoms with Gasteiger partial charge in [0.15, 0.2) is 0 Å². The lowest BCUT2D eigenvalue weighted by Gasteiger charge is -2.33. The third-order valence-corrected chi connectivity index (χ3v) is 5.63. The van der Waals surface area contributed by atoms with Crippen molar-refractivity contribution in [2.45, 2.75) is 91.8 Å². The van der Waals surface area contributed by atoms with E-state index in [1.807, 2.05) is 58.9 Å². The summed E-state index contributed by atoms with van der Waals surface area (Å²) >= 11 is 0. The molecule has 2 aromatic carbocycles. The average molecular weight is 437 g/mol. The number of nitrogens with one attached hydrogen (secondary N) is 1. The van der Waals surface area contributed by atoms with E-state index in [1.165, 1.54) is 11.1 Å². The van der Waals surface area contributed by atoms with Crippen molar-refractivity contribution < 1.29 is 9.59 Å². The van der Waals surface area contributed by atoms with Crippen LogP contribution >= 0.6 is 0 Å². The molecule has 32 heavy (non-hydrogen) atoms. The molecule has 174 valence electrons. The zero-order chi connectivity index (χ0) is 23.9. The molecule has 0 aliphatic rings. The van der Waals surface area contributed by atoms with E-state index in [2.05, 4.69) is 43.4 Å². The molecule has 0 fully saturated rings. The predicted octanol–water partition coefficient (Wildman–Crippen LogP) is 5.77. The summed E-state index contributed by atoms with van der Waals surface area (Å²) < 4.78 is 0. The fraction of sp³-hybridized carbons (Fsp3) is 0.500. The number of carbonyl (C=O) groups is 2. The Morgan fingerprint density at radius 2 is 1.50 bits per heavy atom. The van der Waals surface area contributed by atoms with Crippen LogP contribution in [0.1, 0.15) is 82.6 Å². The van der Waals surface area contributed by atoms with E-state index < -0.39 is 6.04 Å². The van der Waals surface area contributed by atoms with Gasteiger partial charge in [-0.1, -0.05) is 74.9 Å². The number of rotatable bonds is 9. The quantitative estimate of drug-likeness (QED) is 0.542. The van der Waals surface area contributed by atoms with Gasteiger partial charge in [-0.3, -0.25) is 9.59 Å². The number of benzene rings is 2. The number of hydrogen-bond donors (Lipinski definition) is 1. The van der Waals surface area contributed by atoms with Crippen molar-refractivity contribution in [3.8, 4) is 0 Å². The lowest BCUT2D eigenvalue weighted by atomic mass is 10.00. The minimum atomic E-state index is -0.494. The maximum atomic E-state index is 13.4. The molecule has 0 radical (unpaired) electrons. The highest BCUT2D eigenvalue weighted by Gasteiger charge is 2.30. The van der Waals surface area contributed by atoms with Gasteiger partial charge in [0.05, 0.1) is 0 Å². The Balaban J connectivity index is 2.20. The molecule has 0 aliphatic heterocycles. The molecular weight excluding hydrogens is 396 g/mol. The van der Waals surface area contributed by atoms with Gasteiger partial charge < -0.3 is 10.2 Å². The van der Waals surface area contributed by atoms with Gasteiger partial charge in [0.25, 0.3) is 0 Å². The molecule has 1 N–H and O–H groups in total. The number of aryl methyl sites for hydroxylation is 2. The Morgan fingerprint density at radius 3 is 2.00 bits per heavy atom. The summed E-state index contributed by atoms with van der Waals surface area (Å²) in [5.41, 5.74) is 4.30. The minimum absolute atomic E-state index is 0.00872. The first-order valence-corrected chi connectivity index (χ1v) is 11.8. The van der Waals surface area contributed by atoms with Crippen LogP contribution in [0.25, 0.3) is 0 Å². The molecular formula is C28H40N2O2. The molecule has 0 bridgehead atoms. The second-order valence-electron chi connectivity index (χ2n) is 10.1. The first-order valence-electron chi connectivity index (χ1n) is 11.8. The summed E-state index contributed by atoms with van der Waals surface area (Å²) in [6.07, 6.45) is 1.62. The normalized spacial score (nSPS) is 12.5. The maximum absolute atomic E-state index is 13.4. The molecule has 0 aromatic heterocycles. The summed E-state index contributed by atoms with van der Waals surface area (Å²) in [5.74, 6) is 0.401. The average Bonchev–Trinajstić information content (AvgIpc) is 2.72. The first-order chi connectivity index (χ1) is 15.0. The smallest absolute Gasteiger partial charge is 0.243 e. The van der Waals surface area contributed by atoms with Crippen LogP contribution in [0.2, 0.25) is 0 Å². The molecule has 0 saturated heterocycles. The Morgan fingerprint density at radius 1 is 0.938 bits per heavy atom. The van der Waals surface area contributed by atoms with Gasteiger partial charge in [0.1, 0.15) is 6.04 Å². The highest BCUT2D eigenvalue weighted by Crippen LogP contribution is 2.18. The molecule has 0 spiro atoms. The molecule has 4 nitrogen and oxygen atoms in total. The van der Waals surface area contributed by atoms with Crippen molar-refractivity contribution in [1.29, 1.82) is 0 Å². The van der Waals surface area contributed by atoms with Crippen LogP contribution in [-0.4, -0.2) is 28.3 Å². The summed E-state index contributed by atoms with van der Waals surface area (Å²) in [4.78, 5) is 28.2. The van der Waals surface area contributed by atoms with Crippen LogP contribution in [0.5, 0.6) is 0 Å². The fourth-order valence-corrected chi connectivity index (χ4v) is 3.73. The number of amides is 2. The van der Waals surface area contributed by atoms with E-state index in [-0.39, 0.29) is 17.4 Å². The molecule has 0 heterocycles. The first kappa shape index (κ1) is 25.6. The molecule has 0 aliphatic carbocycles. The van der Waals surface area contributed by atoms with Crippen molar-refractivity contribution >= 4 is 11.8 Å². The predicted molar refractivity (Wildman–Crippen MR) is 133 cm³/mol. The van der Waals surface area contributed by atoms with Crippen LogP contribution in [0.3, 0.4) is 0 Å². The summed E-state index contributed by atoms with van der Waals surface area (Å²) in [5, 5.41) is 3.06. The molecule has 2 aromatic rings. The lowest BCUT2D eigenvalue weighted by molar-refractivity contribution is -0.142. The lowest BCUT2D eigenvalue weighted by Crippen LogP contribution is -2.53. The van der Waals surface area contributed by atoms with Crippen LogP contribution in [-0.2, 0) is 22.6 Å². The van der Waals surface area contributed by atoms with E-state index in [0.29, 0.717) is 31.7 Å². The van der Waals surface area contributed by atoms with Gasteiger partial charge in [-0.05, 0) is 63.1 Å². The molecule has 4 heteroatoms. The summed E-state index contributed by atoms with van der Waals surface area (Å²) in [6.45, 7) is 14.7. The zero-order valence-corrected chi connectivity index (χ0v) is 20.9. The molecule has 0 saturated carbocycles. The summed E-state index contributed by atoms with van der Waals surface area (Å²) in [6, 6.07) is 16.2. The third kappa shape index (κ3) is 7.81. The van der Waals surface area contributed by atoms with Crippen LogP contribution in [0.4, 0.5) is 0 Å².